The number of hydrogen-bond acceptors (Lipinski definition) is 7. The van der Waals surface area contributed by atoms with Gasteiger partial charge in [-0.1, -0.05) is 85.8 Å². The molecule has 9 heteroatoms. The van der Waals surface area contributed by atoms with Crippen LogP contribution in [-0.4, -0.2) is 52.5 Å². The second kappa shape index (κ2) is 15.2. The fourth-order valence-electron chi connectivity index (χ4n) is 5.56. The van der Waals surface area contributed by atoms with Crippen LogP contribution in [0.1, 0.15) is 53.2 Å². The summed E-state index contributed by atoms with van der Waals surface area (Å²) in [5.41, 5.74) is 4.79. The molecule has 1 aliphatic heterocycles. The third-order valence-electron chi connectivity index (χ3n) is 8.07. The maximum Gasteiger partial charge on any atom is 0.319 e. The maximum absolute atomic E-state index is 12.6. The van der Waals surface area contributed by atoms with Gasteiger partial charge in [-0.25, -0.2) is 4.79 Å². The van der Waals surface area contributed by atoms with E-state index in [2.05, 4.69) is 17.6 Å². The Labute approximate surface area is 264 Å². The summed E-state index contributed by atoms with van der Waals surface area (Å²) in [4.78, 5) is 14.7. The molecule has 2 amide bonds. The molecule has 5 rings (SSSR count). The van der Waals surface area contributed by atoms with Crippen LogP contribution >= 0.6 is 0 Å². The van der Waals surface area contributed by atoms with Crippen LogP contribution in [0.2, 0.25) is 0 Å². The molecule has 4 aromatic rings. The second-order valence-corrected chi connectivity index (χ2v) is 11.6. The lowest BCUT2D eigenvalue weighted by Crippen LogP contribution is -2.44. The topological polar surface area (TPSA) is 124 Å². The van der Waals surface area contributed by atoms with Gasteiger partial charge in [0, 0.05) is 36.8 Å². The lowest BCUT2D eigenvalue weighted by atomic mass is 9.90. The lowest BCUT2D eigenvalue weighted by molar-refractivity contribution is -0.276. The Hall–Kier alpha value is -4.25. The molecule has 1 aliphatic rings. The minimum absolute atomic E-state index is 0.0409. The molecule has 4 aromatic carbocycles. The number of hydrogen-bond donors (Lipinski definition) is 5. The highest BCUT2D eigenvalue weighted by Gasteiger charge is 2.39. The number of aliphatic hydroxyl groups excluding tert-OH is 2. The Bertz CT molecular complexity index is 1530. The summed E-state index contributed by atoms with van der Waals surface area (Å²) in [5.74, 6) is 0.0607. The summed E-state index contributed by atoms with van der Waals surface area (Å²) in [6.45, 7) is 3.31. The minimum atomic E-state index is -0.786. The van der Waals surface area contributed by atoms with Gasteiger partial charge < -0.3 is 40.3 Å². The van der Waals surface area contributed by atoms with Crippen molar-refractivity contribution in [2.24, 2.45) is 5.92 Å². The number of aromatic hydroxyl groups is 1. The first-order valence-electron chi connectivity index (χ1n) is 15.1. The van der Waals surface area contributed by atoms with Gasteiger partial charge in [0.05, 0.1) is 24.9 Å². The summed E-state index contributed by atoms with van der Waals surface area (Å²) < 4.78 is 13.1. The number of rotatable bonds is 11. The number of ether oxygens (including phenoxy) is 2. The fourth-order valence-corrected chi connectivity index (χ4v) is 5.56. The zero-order valence-electron chi connectivity index (χ0n) is 25.5. The van der Waals surface area contributed by atoms with Gasteiger partial charge in [0.1, 0.15) is 5.75 Å². The third-order valence-corrected chi connectivity index (χ3v) is 8.07. The number of nitrogens with one attached hydrogen (secondary N) is 2. The molecule has 1 saturated heterocycles. The Balaban J connectivity index is 1.31. The van der Waals surface area contributed by atoms with E-state index in [1.165, 1.54) is 0 Å². The molecular formula is C36H41N3O6. The molecule has 9 nitrogen and oxygen atoms in total. The van der Waals surface area contributed by atoms with E-state index < -0.39 is 12.4 Å². The van der Waals surface area contributed by atoms with E-state index in [1.54, 1.807) is 24.3 Å². The standard InChI is InChI=1S/C36H41N3O6/c1-24-33(22-39(2)21-32(42)28-10-7-13-31(41)19-28)44-35(45-34(24)27-16-14-26(23-40)15-17-27)29-11-6-12-30(18-29)38-36(43)37-20-25-8-4-3-5-9-25/h3-19,24,32-35,40-42H,20-23H2,1-2H3,(H2,37,38,43)/t24-,32-,33+,34+,35+/m1/s1. The zero-order chi connectivity index (χ0) is 31.8. The van der Waals surface area contributed by atoms with Crippen LogP contribution in [0.4, 0.5) is 10.5 Å². The van der Waals surface area contributed by atoms with Crippen molar-refractivity contribution in [1.82, 2.24) is 10.2 Å². The van der Waals surface area contributed by atoms with Gasteiger partial charge in [-0.3, -0.25) is 0 Å². The van der Waals surface area contributed by atoms with Gasteiger partial charge in [-0.15, -0.1) is 0 Å². The van der Waals surface area contributed by atoms with Crippen LogP contribution in [0, 0.1) is 5.92 Å². The Kier molecular flexibility index (Phi) is 10.8. The van der Waals surface area contributed by atoms with Gasteiger partial charge in [0.15, 0.2) is 6.29 Å². The molecule has 5 atom stereocenters. The fraction of sp³-hybridized carbons (Fsp3) is 0.306. The number of carbonyl (C=O) groups is 1. The molecule has 0 bridgehead atoms. The Morgan fingerprint density at radius 2 is 1.64 bits per heavy atom. The Morgan fingerprint density at radius 3 is 2.38 bits per heavy atom. The average Bonchev–Trinajstić information content (AvgIpc) is 3.05. The summed E-state index contributed by atoms with van der Waals surface area (Å²) in [5, 5.41) is 36.0. The predicted molar refractivity (Wildman–Crippen MR) is 172 cm³/mol. The van der Waals surface area contributed by atoms with E-state index in [4.69, 9.17) is 9.47 Å². The van der Waals surface area contributed by atoms with Gasteiger partial charge in [0.2, 0.25) is 0 Å². The molecular weight excluding hydrogens is 570 g/mol. The van der Waals surface area contributed by atoms with Crippen LogP contribution in [0.15, 0.2) is 103 Å². The van der Waals surface area contributed by atoms with Crippen molar-refractivity contribution >= 4 is 11.7 Å². The number of amides is 2. The molecule has 0 unspecified atom stereocenters. The molecule has 236 valence electrons. The molecule has 0 aliphatic carbocycles. The average molecular weight is 612 g/mol. The molecule has 0 saturated carbocycles. The summed E-state index contributed by atoms with van der Waals surface area (Å²) >= 11 is 0. The van der Waals surface area contributed by atoms with Crippen molar-refractivity contribution in [3.05, 3.63) is 131 Å². The molecule has 1 heterocycles. The lowest BCUT2D eigenvalue weighted by Gasteiger charge is -2.42. The number of aliphatic hydroxyl groups is 2. The summed E-state index contributed by atoms with van der Waals surface area (Å²) in [7, 11) is 1.93. The van der Waals surface area contributed by atoms with Gasteiger partial charge in [0.25, 0.3) is 0 Å². The molecule has 0 spiro atoms. The van der Waals surface area contributed by atoms with Crippen molar-refractivity contribution in [1.29, 1.82) is 0 Å². The highest BCUT2D eigenvalue weighted by molar-refractivity contribution is 5.89. The quantitative estimate of drug-likeness (QED) is 0.148. The smallest absolute Gasteiger partial charge is 0.319 e. The highest BCUT2D eigenvalue weighted by Crippen LogP contribution is 2.42. The van der Waals surface area contributed by atoms with Crippen molar-refractivity contribution in [3.8, 4) is 5.75 Å². The van der Waals surface area contributed by atoms with E-state index in [-0.39, 0.29) is 36.5 Å². The number of likely N-dealkylation sites (N-methyl/N-ethyl adjacent to an activating group) is 1. The van der Waals surface area contributed by atoms with E-state index in [9.17, 15) is 20.1 Å². The number of urea groups is 1. The SMILES string of the molecule is C[C@@H]1[C@H](CN(C)C[C@@H](O)c2cccc(O)c2)O[C@H](c2cccc(NC(=O)NCc3ccccc3)c2)O[C@@H]1c1ccc(CO)cc1. The van der Waals surface area contributed by atoms with Crippen LogP contribution < -0.4 is 10.6 Å². The summed E-state index contributed by atoms with van der Waals surface area (Å²) in [6, 6.07) is 31.2. The first-order chi connectivity index (χ1) is 21.8. The first-order valence-corrected chi connectivity index (χ1v) is 15.1. The van der Waals surface area contributed by atoms with Gasteiger partial charge in [-0.05, 0) is 53.6 Å². The van der Waals surface area contributed by atoms with E-state index in [0.29, 0.717) is 30.9 Å². The van der Waals surface area contributed by atoms with Crippen LogP contribution in [0.3, 0.4) is 0 Å². The maximum atomic E-state index is 12.6. The minimum Gasteiger partial charge on any atom is -0.508 e. The molecule has 5 N–H and O–H groups in total. The zero-order valence-corrected chi connectivity index (χ0v) is 25.5. The number of anilines is 1. The number of phenolic OH excluding ortho intramolecular Hbond substituents is 1. The van der Waals surface area contributed by atoms with Crippen LogP contribution in [-0.2, 0) is 22.6 Å². The van der Waals surface area contributed by atoms with E-state index in [0.717, 1.165) is 22.3 Å². The van der Waals surface area contributed by atoms with Crippen molar-refractivity contribution in [2.75, 3.05) is 25.5 Å². The highest BCUT2D eigenvalue weighted by atomic mass is 16.7. The monoisotopic (exact) mass is 611 g/mol. The Morgan fingerprint density at radius 1 is 0.889 bits per heavy atom. The number of nitrogens with zero attached hydrogens (tertiary/aromatic N) is 1. The van der Waals surface area contributed by atoms with Crippen LogP contribution in [0.25, 0.3) is 0 Å². The molecule has 45 heavy (non-hydrogen) atoms. The van der Waals surface area contributed by atoms with Crippen molar-refractivity contribution in [3.63, 3.8) is 0 Å². The second-order valence-electron chi connectivity index (χ2n) is 11.6. The van der Waals surface area contributed by atoms with Gasteiger partial charge >= 0.3 is 6.03 Å². The molecule has 0 aromatic heterocycles. The molecule has 0 radical (unpaired) electrons. The normalized spacial score (nSPS) is 20.5. The largest absolute Gasteiger partial charge is 0.508 e. The van der Waals surface area contributed by atoms with Crippen LogP contribution in [0.5, 0.6) is 5.75 Å². The number of phenols is 1. The van der Waals surface area contributed by atoms with Crippen molar-refractivity contribution < 1.29 is 29.6 Å². The molecule has 1 fully saturated rings. The predicted octanol–water partition coefficient (Wildman–Crippen LogP) is 5.66. The van der Waals surface area contributed by atoms with E-state index in [1.807, 2.05) is 90.8 Å². The number of carbonyl (C=O) groups excluding carboxylic acids is 1. The van der Waals surface area contributed by atoms with Crippen molar-refractivity contribution in [2.45, 2.75) is 44.7 Å². The first kappa shape index (κ1) is 32.2. The summed E-state index contributed by atoms with van der Waals surface area (Å²) in [6.07, 6.45) is -2.08. The third kappa shape index (κ3) is 8.69. The van der Waals surface area contributed by atoms with E-state index >= 15 is 0 Å². The number of benzene rings is 4. The van der Waals surface area contributed by atoms with Gasteiger partial charge in [-0.2, -0.15) is 0 Å².